The molecule has 0 bridgehead atoms. The van der Waals surface area contributed by atoms with Crippen molar-refractivity contribution in [2.24, 2.45) is 5.41 Å². The molecule has 1 fully saturated rings. The standard InChI is InChI=1S/C14H20N2O/c1-14(2)8-9-16(10-14)13(17)11-4-6-12(15-3)7-5-11/h4-7,15H,8-10H2,1-3H3. The molecular formula is C14H20N2O. The van der Waals surface area contributed by atoms with Gasteiger partial charge < -0.3 is 10.2 Å². The first kappa shape index (κ1) is 12.0. The van der Waals surface area contributed by atoms with Crippen LogP contribution in [-0.2, 0) is 0 Å². The number of likely N-dealkylation sites (tertiary alicyclic amines) is 1. The van der Waals surface area contributed by atoms with Crippen molar-refractivity contribution >= 4 is 11.6 Å². The number of hydrogen-bond acceptors (Lipinski definition) is 2. The molecule has 17 heavy (non-hydrogen) atoms. The first-order chi connectivity index (χ1) is 8.02. The van der Waals surface area contributed by atoms with Crippen LogP contribution in [0.4, 0.5) is 5.69 Å². The molecule has 1 amide bonds. The highest BCUT2D eigenvalue weighted by molar-refractivity contribution is 5.94. The highest BCUT2D eigenvalue weighted by atomic mass is 16.2. The number of benzene rings is 1. The molecule has 0 aliphatic carbocycles. The van der Waals surface area contributed by atoms with Crippen LogP contribution in [-0.4, -0.2) is 30.9 Å². The molecule has 0 atom stereocenters. The molecular weight excluding hydrogens is 212 g/mol. The fraction of sp³-hybridized carbons (Fsp3) is 0.500. The lowest BCUT2D eigenvalue weighted by atomic mass is 9.93. The van der Waals surface area contributed by atoms with E-state index in [0.717, 1.165) is 30.8 Å². The lowest BCUT2D eigenvalue weighted by molar-refractivity contribution is 0.0778. The summed E-state index contributed by atoms with van der Waals surface area (Å²) in [6, 6.07) is 7.65. The molecule has 3 heteroatoms. The number of nitrogens with one attached hydrogen (secondary N) is 1. The first-order valence-electron chi connectivity index (χ1n) is 6.09. The quantitative estimate of drug-likeness (QED) is 0.850. The SMILES string of the molecule is CNc1ccc(C(=O)N2CCC(C)(C)C2)cc1. The predicted molar refractivity (Wildman–Crippen MR) is 70.3 cm³/mol. The van der Waals surface area contributed by atoms with E-state index in [9.17, 15) is 4.79 Å². The molecule has 2 rings (SSSR count). The van der Waals surface area contributed by atoms with Crippen molar-refractivity contribution < 1.29 is 4.79 Å². The van der Waals surface area contributed by atoms with Gasteiger partial charge in [0.2, 0.25) is 0 Å². The molecule has 1 aliphatic heterocycles. The predicted octanol–water partition coefficient (Wildman–Crippen LogP) is 2.60. The lowest BCUT2D eigenvalue weighted by Crippen LogP contribution is -2.30. The zero-order valence-corrected chi connectivity index (χ0v) is 10.8. The van der Waals surface area contributed by atoms with E-state index in [4.69, 9.17) is 0 Å². The topological polar surface area (TPSA) is 32.3 Å². The molecule has 1 heterocycles. The fourth-order valence-corrected chi connectivity index (χ4v) is 2.25. The fourth-order valence-electron chi connectivity index (χ4n) is 2.25. The first-order valence-corrected chi connectivity index (χ1v) is 6.09. The maximum absolute atomic E-state index is 12.2. The molecule has 1 aromatic rings. The third kappa shape index (κ3) is 2.60. The maximum atomic E-state index is 12.2. The molecule has 1 saturated heterocycles. The Kier molecular flexibility index (Phi) is 3.09. The van der Waals surface area contributed by atoms with Gasteiger partial charge in [-0.3, -0.25) is 4.79 Å². The van der Waals surface area contributed by atoms with Crippen LogP contribution in [0.3, 0.4) is 0 Å². The number of anilines is 1. The van der Waals surface area contributed by atoms with E-state index in [1.807, 2.05) is 36.2 Å². The molecule has 1 aromatic carbocycles. The van der Waals surface area contributed by atoms with Gasteiger partial charge in [-0.2, -0.15) is 0 Å². The number of nitrogens with zero attached hydrogens (tertiary/aromatic N) is 1. The number of carbonyl (C=O) groups excluding carboxylic acids is 1. The van der Waals surface area contributed by atoms with E-state index >= 15 is 0 Å². The van der Waals surface area contributed by atoms with E-state index < -0.39 is 0 Å². The summed E-state index contributed by atoms with van der Waals surface area (Å²) in [5.41, 5.74) is 2.07. The Morgan fingerprint density at radius 1 is 1.29 bits per heavy atom. The van der Waals surface area contributed by atoms with Gasteiger partial charge in [0.15, 0.2) is 0 Å². The Bertz CT molecular complexity index is 409. The van der Waals surface area contributed by atoms with E-state index in [-0.39, 0.29) is 11.3 Å². The maximum Gasteiger partial charge on any atom is 0.253 e. The van der Waals surface area contributed by atoms with Gasteiger partial charge in [0, 0.05) is 31.4 Å². The second kappa shape index (κ2) is 4.40. The summed E-state index contributed by atoms with van der Waals surface area (Å²) in [6.45, 7) is 6.16. The van der Waals surface area contributed by atoms with Crippen LogP contribution in [0.2, 0.25) is 0 Å². The van der Waals surface area contributed by atoms with E-state index in [1.54, 1.807) is 0 Å². The van der Waals surface area contributed by atoms with Crippen LogP contribution >= 0.6 is 0 Å². The summed E-state index contributed by atoms with van der Waals surface area (Å²) in [6.07, 6.45) is 1.09. The Morgan fingerprint density at radius 3 is 2.41 bits per heavy atom. The van der Waals surface area contributed by atoms with Crippen LogP contribution in [0.25, 0.3) is 0 Å². The number of hydrogen-bond donors (Lipinski definition) is 1. The van der Waals surface area contributed by atoms with Gasteiger partial charge in [0.05, 0.1) is 0 Å². The van der Waals surface area contributed by atoms with Crippen LogP contribution in [0.5, 0.6) is 0 Å². The highest BCUT2D eigenvalue weighted by Gasteiger charge is 2.32. The third-order valence-electron chi connectivity index (χ3n) is 3.39. The summed E-state index contributed by atoms with van der Waals surface area (Å²) >= 11 is 0. The summed E-state index contributed by atoms with van der Waals surface area (Å²) in [4.78, 5) is 14.2. The molecule has 0 saturated carbocycles. The monoisotopic (exact) mass is 232 g/mol. The summed E-state index contributed by atoms with van der Waals surface area (Å²) < 4.78 is 0. The van der Waals surface area contributed by atoms with E-state index in [2.05, 4.69) is 19.2 Å². The summed E-state index contributed by atoms with van der Waals surface area (Å²) in [5, 5.41) is 3.05. The highest BCUT2D eigenvalue weighted by Crippen LogP contribution is 2.29. The van der Waals surface area contributed by atoms with Gasteiger partial charge in [0.25, 0.3) is 5.91 Å². The van der Waals surface area contributed by atoms with Gasteiger partial charge in [0.1, 0.15) is 0 Å². The molecule has 0 unspecified atom stereocenters. The Hall–Kier alpha value is -1.51. The van der Waals surface area contributed by atoms with E-state index in [1.165, 1.54) is 0 Å². The third-order valence-corrected chi connectivity index (χ3v) is 3.39. The van der Waals surface area contributed by atoms with Gasteiger partial charge in [-0.1, -0.05) is 13.8 Å². The average molecular weight is 232 g/mol. The number of carbonyl (C=O) groups is 1. The number of amides is 1. The second-order valence-electron chi connectivity index (χ2n) is 5.47. The molecule has 0 radical (unpaired) electrons. The second-order valence-corrected chi connectivity index (χ2v) is 5.47. The van der Waals surface area contributed by atoms with Gasteiger partial charge in [-0.05, 0) is 36.1 Å². The molecule has 1 aliphatic rings. The smallest absolute Gasteiger partial charge is 0.253 e. The van der Waals surface area contributed by atoms with Crippen LogP contribution in [0.15, 0.2) is 24.3 Å². The van der Waals surface area contributed by atoms with Gasteiger partial charge in [-0.25, -0.2) is 0 Å². The Labute approximate surface area is 103 Å². The Balaban J connectivity index is 2.09. The molecule has 0 spiro atoms. The lowest BCUT2D eigenvalue weighted by Gasteiger charge is -2.20. The molecule has 1 N–H and O–H groups in total. The summed E-state index contributed by atoms with van der Waals surface area (Å²) in [5.74, 6) is 0.151. The largest absolute Gasteiger partial charge is 0.388 e. The van der Waals surface area contributed by atoms with Gasteiger partial charge >= 0.3 is 0 Å². The van der Waals surface area contributed by atoms with Crippen molar-refractivity contribution in [3.8, 4) is 0 Å². The number of rotatable bonds is 2. The minimum atomic E-state index is 0.151. The van der Waals surface area contributed by atoms with Crippen molar-refractivity contribution in [2.45, 2.75) is 20.3 Å². The normalized spacial score (nSPS) is 18.2. The van der Waals surface area contributed by atoms with Gasteiger partial charge in [-0.15, -0.1) is 0 Å². The van der Waals surface area contributed by atoms with Crippen molar-refractivity contribution in [1.29, 1.82) is 0 Å². The minimum absolute atomic E-state index is 0.151. The van der Waals surface area contributed by atoms with E-state index in [0.29, 0.717) is 0 Å². The molecule has 0 aromatic heterocycles. The zero-order chi connectivity index (χ0) is 12.5. The minimum Gasteiger partial charge on any atom is -0.388 e. The average Bonchev–Trinajstić information content (AvgIpc) is 2.69. The van der Waals surface area contributed by atoms with Crippen LogP contribution in [0.1, 0.15) is 30.6 Å². The van der Waals surface area contributed by atoms with Crippen LogP contribution < -0.4 is 5.32 Å². The van der Waals surface area contributed by atoms with Crippen molar-refractivity contribution in [2.75, 3.05) is 25.5 Å². The van der Waals surface area contributed by atoms with Crippen molar-refractivity contribution in [3.05, 3.63) is 29.8 Å². The molecule has 92 valence electrons. The zero-order valence-electron chi connectivity index (χ0n) is 10.8. The van der Waals surface area contributed by atoms with Crippen molar-refractivity contribution in [1.82, 2.24) is 4.90 Å². The Morgan fingerprint density at radius 2 is 1.94 bits per heavy atom. The van der Waals surface area contributed by atoms with Crippen LogP contribution in [0, 0.1) is 5.41 Å². The van der Waals surface area contributed by atoms with Crippen molar-refractivity contribution in [3.63, 3.8) is 0 Å². The molecule has 3 nitrogen and oxygen atoms in total. The summed E-state index contributed by atoms with van der Waals surface area (Å²) in [7, 11) is 1.87.